The maximum Gasteiger partial charge on any atom is 0.407 e. The number of benzene rings is 2. The van der Waals surface area contributed by atoms with Gasteiger partial charge in [-0.1, -0.05) is 65.0 Å². The smallest absolute Gasteiger partial charge is 0.407 e. The molecule has 1 saturated heterocycles. The van der Waals surface area contributed by atoms with Gasteiger partial charge in [-0.3, -0.25) is 9.59 Å². The summed E-state index contributed by atoms with van der Waals surface area (Å²) in [7, 11) is 0. The number of hydrogen-bond acceptors (Lipinski definition) is 6. The van der Waals surface area contributed by atoms with E-state index in [0.29, 0.717) is 6.42 Å². The Bertz CT molecular complexity index is 1680. The fraction of sp³-hybridized carbons (Fsp3) is 0.514. The minimum absolute atomic E-state index is 0.0934. The number of aromatic nitrogens is 2. The second-order valence-corrected chi connectivity index (χ2v) is 14.8. The summed E-state index contributed by atoms with van der Waals surface area (Å²) < 4.78 is 52.9. The van der Waals surface area contributed by atoms with Gasteiger partial charge in [0, 0.05) is 43.7 Å². The van der Waals surface area contributed by atoms with E-state index in [9.17, 15) is 23.9 Å². The van der Waals surface area contributed by atoms with Crippen LogP contribution >= 0.6 is 0 Å². The summed E-state index contributed by atoms with van der Waals surface area (Å²) in [5.41, 5.74) is 5.38. The lowest BCUT2D eigenvalue weighted by atomic mass is 9.76. The number of ether oxygens (including phenoxy) is 1. The number of nitrogens with two attached hydrogens (primary N) is 1. The summed E-state index contributed by atoms with van der Waals surface area (Å²) in [4.78, 5) is 46.4. The van der Waals surface area contributed by atoms with E-state index < -0.39 is 70.7 Å². The van der Waals surface area contributed by atoms with Crippen LogP contribution in [0.25, 0.3) is 11.3 Å². The average Bonchev–Trinajstić information content (AvgIpc) is 3.58. The molecule has 1 unspecified atom stereocenters. The number of carbonyl (C=O) groups is 3. The number of alkyl halides is 1. The predicted octanol–water partition coefficient (Wildman–Crippen LogP) is 6.44. The Morgan fingerprint density at radius 3 is 2.34 bits per heavy atom. The lowest BCUT2D eigenvalue weighted by molar-refractivity contribution is -0.161. The van der Waals surface area contributed by atoms with Gasteiger partial charge in [0.25, 0.3) is 5.91 Å². The predicted molar refractivity (Wildman–Crippen MR) is 183 cm³/mol. The highest BCUT2D eigenvalue weighted by Gasteiger charge is 2.52. The number of amides is 2. The number of halogens is 3. The number of nitrogens with zero attached hydrogens (tertiary/aromatic N) is 4. The molecule has 10 nitrogen and oxygen atoms in total. The quantitative estimate of drug-likeness (QED) is 0.208. The van der Waals surface area contributed by atoms with Gasteiger partial charge in [0.2, 0.25) is 0 Å². The molecule has 13 heteroatoms. The van der Waals surface area contributed by atoms with Crippen molar-refractivity contribution in [2.24, 2.45) is 22.5 Å². The van der Waals surface area contributed by atoms with E-state index in [4.69, 9.17) is 15.5 Å². The minimum Gasteiger partial charge on any atom is -0.465 e. The number of carboxylic acid groups (broad SMARTS) is 1. The summed E-state index contributed by atoms with van der Waals surface area (Å²) in [6.07, 6.45) is -2.28. The molecular weight excluding hydrogens is 651 g/mol. The molecule has 1 aromatic heterocycles. The van der Waals surface area contributed by atoms with Gasteiger partial charge in [-0.2, -0.15) is 0 Å². The molecule has 3 aromatic rings. The number of imidazole rings is 1. The van der Waals surface area contributed by atoms with Crippen LogP contribution in [0.4, 0.5) is 18.0 Å². The zero-order chi connectivity index (χ0) is 37.1. The number of carbonyl (C=O) groups excluding carboxylic acids is 2. The van der Waals surface area contributed by atoms with Crippen molar-refractivity contribution in [2.45, 2.75) is 85.8 Å². The fourth-order valence-electron chi connectivity index (χ4n) is 7.27. The van der Waals surface area contributed by atoms with E-state index in [1.807, 2.05) is 65.0 Å². The number of hydrogen-bond donors (Lipinski definition) is 2. The highest BCUT2D eigenvalue weighted by molar-refractivity contribution is 5.83. The van der Waals surface area contributed by atoms with Gasteiger partial charge >= 0.3 is 12.1 Å². The number of rotatable bonds is 12. The van der Waals surface area contributed by atoms with Crippen molar-refractivity contribution in [2.75, 3.05) is 19.6 Å². The first-order valence-corrected chi connectivity index (χ1v) is 16.7. The first-order valence-electron chi connectivity index (χ1n) is 16.7. The van der Waals surface area contributed by atoms with Crippen molar-refractivity contribution in [3.05, 3.63) is 77.8 Å². The lowest BCUT2D eigenvalue weighted by Gasteiger charge is -2.45. The Labute approximate surface area is 291 Å². The second kappa shape index (κ2) is 15.2. The van der Waals surface area contributed by atoms with Crippen LogP contribution in [0.5, 0.6) is 0 Å². The van der Waals surface area contributed by atoms with Crippen LogP contribution in [0.3, 0.4) is 0 Å². The van der Waals surface area contributed by atoms with Crippen LogP contribution in [-0.4, -0.2) is 80.4 Å². The van der Waals surface area contributed by atoms with E-state index in [1.165, 1.54) is 18.7 Å². The molecule has 2 heterocycles. The van der Waals surface area contributed by atoms with Crippen LogP contribution < -0.4 is 5.73 Å². The topological polar surface area (TPSA) is 131 Å². The van der Waals surface area contributed by atoms with Crippen molar-refractivity contribution < 1.29 is 37.4 Å². The van der Waals surface area contributed by atoms with E-state index >= 15 is 8.78 Å². The monoisotopic (exact) mass is 699 g/mol. The summed E-state index contributed by atoms with van der Waals surface area (Å²) in [5, 5.41) is 10.1. The Morgan fingerprint density at radius 2 is 1.76 bits per heavy atom. The minimum atomic E-state index is -1.63. The second-order valence-electron chi connectivity index (χ2n) is 14.8. The third-order valence-electron chi connectivity index (χ3n) is 9.38. The van der Waals surface area contributed by atoms with Crippen LogP contribution in [0, 0.1) is 28.4 Å². The van der Waals surface area contributed by atoms with Crippen LogP contribution in [0.15, 0.2) is 54.7 Å². The Hall–Kier alpha value is -4.39. The normalized spacial score (nSPS) is 19.3. The van der Waals surface area contributed by atoms with Crippen LogP contribution in [0.2, 0.25) is 0 Å². The van der Waals surface area contributed by atoms with Crippen molar-refractivity contribution in [3.8, 4) is 11.3 Å². The fourth-order valence-corrected chi connectivity index (χ4v) is 7.27. The highest BCUT2D eigenvalue weighted by atomic mass is 19.1. The van der Waals surface area contributed by atoms with Gasteiger partial charge in [0.1, 0.15) is 23.6 Å². The largest absolute Gasteiger partial charge is 0.465 e. The molecule has 272 valence electrons. The van der Waals surface area contributed by atoms with E-state index in [2.05, 4.69) is 0 Å². The molecule has 1 aliphatic rings. The molecule has 50 heavy (non-hydrogen) atoms. The molecule has 0 saturated carbocycles. The standard InChI is InChI=1S/C37H48F3N5O5/c1-22(50-23(2)46)34(47)44(19-27-29(40)20-45(35(48)49)31(27)36(3,4)5)32(37(6,7)15-16-41)33-42-30(26-17-25(38)13-14-28(26)39)21-43(33)18-24-11-9-8-10-12-24/h8-14,17,21-22,27,29,31-32H,15-16,18-20,41H2,1-7H3,(H,48,49)/t22-,27-,29-,31?,32-/m0/s1. The molecular formula is C37H48F3N5O5. The molecule has 3 N–H and O–H groups in total. The van der Waals surface area contributed by atoms with Gasteiger partial charge in [-0.15, -0.1) is 0 Å². The van der Waals surface area contributed by atoms with E-state index in [1.54, 1.807) is 10.8 Å². The van der Waals surface area contributed by atoms with Crippen LogP contribution in [-0.2, 0) is 20.9 Å². The van der Waals surface area contributed by atoms with Gasteiger partial charge in [-0.05, 0) is 54.5 Å². The van der Waals surface area contributed by atoms with Gasteiger partial charge in [-0.25, -0.2) is 22.9 Å². The molecule has 0 spiro atoms. The Balaban J connectivity index is 2.00. The first-order chi connectivity index (χ1) is 23.3. The van der Waals surface area contributed by atoms with Gasteiger partial charge < -0.3 is 29.9 Å². The summed E-state index contributed by atoms with van der Waals surface area (Å²) in [5.74, 6) is -3.43. The first kappa shape index (κ1) is 38.4. The highest BCUT2D eigenvalue weighted by Crippen LogP contribution is 2.45. The van der Waals surface area contributed by atoms with Gasteiger partial charge in [0.05, 0.1) is 18.3 Å². The summed E-state index contributed by atoms with van der Waals surface area (Å²) in [6, 6.07) is 10.6. The number of esters is 1. The zero-order valence-corrected chi connectivity index (χ0v) is 29.7. The lowest BCUT2D eigenvalue weighted by Crippen LogP contribution is -2.53. The molecule has 0 aliphatic carbocycles. The molecule has 0 radical (unpaired) electrons. The van der Waals surface area contributed by atoms with Crippen molar-refractivity contribution in [1.82, 2.24) is 19.4 Å². The third kappa shape index (κ3) is 8.48. The molecule has 1 fully saturated rings. The summed E-state index contributed by atoms with van der Waals surface area (Å²) >= 11 is 0. The SMILES string of the molecule is CC(=O)O[C@@H](C)C(=O)N(C[C@@H]1C(C(C)(C)C)N(C(=O)O)C[C@@H]1F)[C@@H](c1nc(-c2cc(F)ccc2F)cn1Cc1ccccc1)C(C)(C)CCN. The van der Waals surface area contributed by atoms with E-state index in [0.717, 1.165) is 28.7 Å². The third-order valence-corrected chi connectivity index (χ3v) is 9.38. The average molecular weight is 700 g/mol. The van der Waals surface area contributed by atoms with Gasteiger partial charge in [0.15, 0.2) is 6.10 Å². The van der Waals surface area contributed by atoms with Crippen molar-refractivity contribution in [3.63, 3.8) is 0 Å². The molecule has 2 aromatic carbocycles. The zero-order valence-electron chi connectivity index (χ0n) is 29.7. The Morgan fingerprint density at radius 1 is 1.10 bits per heavy atom. The number of likely N-dealkylation sites (tertiary alicyclic amines) is 1. The molecule has 0 bridgehead atoms. The van der Waals surface area contributed by atoms with Crippen molar-refractivity contribution in [1.29, 1.82) is 0 Å². The Kier molecular flexibility index (Phi) is 11.7. The maximum absolute atomic E-state index is 16.2. The molecule has 4 rings (SSSR count). The molecule has 5 atom stereocenters. The molecule has 1 aliphatic heterocycles. The van der Waals surface area contributed by atoms with Crippen molar-refractivity contribution >= 4 is 18.0 Å². The summed E-state index contributed by atoms with van der Waals surface area (Å²) in [6.45, 7) is 11.5. The van der Waals surface area contributed by atoms with Crippen LogP contribution in [0.1, 0.15) is 72.3 Å². The maximum atomic E-state index is 16.2. The molecule has 2 amide bonds. The van der Waals surface area contributed by atoms with E-state index in [-0.39, 0.29) is 43.3 Å².